The smallest absolute Gasteiger partial charge is 0.191 e. The molecule has 2 atom stereocenters. The highest BCUT2D eigenvalue weighted by Crippen LogP contribution is 2.20. The van der Waals surface area contributed by atoms with Gasteiger partial charge in [0.25, 0.3) is 0 Å². The van der Waals surface area contributed by atoms with Gasteiger partial charge in [-0.25, -0.2) is 9.38 Å². The molecular formula is C20H34FIN4O. The van der Waals surface area contributed by atoms with E-state index in [1.165, 1.54) is 6.07 Å². The minimum absolute atomic E-state index is 0. The highest BCUT2D eigenvalue weighted by Gasteiger charge is 2.33. The van der Waals surface area contributed by atoms with E-state index >= 15 is 0 Å². The maximum Gasteiger partial charge on any atom is 0.191 e. The summed E-state index contributed by atoms with van der Waals surface area (Å²) in [6.07, 6.45) is 0.474. The molecule has 2 rings (SSSR count). The predicted molar refractivity (Wildman–Crippen MR) is 120 cm³/mol. The fraction of sp³-hybridized carbons (Fsp3) is 0.650. The predicted octanol–water partition coefficient (Wildman–Crippen LogP) is 3.39. The van der Waals surface area contributed by atoms with Crippen LogP contribution in [0.1, 0.15) is 40.2 Å². The second-order valence-corrected chi connectivity index (χ2v) is 7.61. The number of hydrogen-bond donors (Lipinski definition) is 2. The van der Waals surface area contributed by atoms with Crippen molar-refractivity contribution in [1.82, 2.24) is 15.5 Å². The Hall–Kier alpha value is -0.930. The van der Waals surface area contributed by atoms with Crippen LogP contribution < -0.4 is 10.6 Å². The van der Waals surface area contributed by atoms with Crippen molar-refractivity contribution in [2.45, 2.75) is 58.9 Å². The van der Waals surface area contributed by atoms with E-state index in [-0.39, 0.29) is 47.5 Å². The molecule has 0 spiro atoms. The summed E-state index contributed by atoms with van der Waals surface area (Å²) in [7, 11) is 0. The summed E-state index contributed by atoms with van der Waals surface area (Å²) in [6.45, 7) is 14.4. The van der Waals surface area contributed by atoms with Crippen molar-refractivity contribution in [1.29, 1.82) is 0 Å². The van der Waals surface area contributed by atoms with Gasteiger partial charge in [0.1, 0.15) is 5.82 Å². The van der Waals surface area contributed by atoms with E-state index in [0.29, 0.717) is 18.1 Å². The second kappa shape index (κ2) is 11.2. The summed E-state index contributed by atoms with van der Waals surface area (Å²) in [5, 5.41) is 6.65. The van der Waals surface area contributed by atoms with Crippen LogP contribution in [0.2, 0.25) is 0 Å². The molecular weight excluding hydrogens is 458 g/mol. The summed E-state index contributed by atoms with van der Waals surface area (Å²) in [5.41, 5.74) is 0.556. The molecule has 0 saturated carbocycles. The zero-order valence-corrected chi connectivity index (χ0v) is 19.4. The molecule has 1 aromatic rings. The number of hydrogen-bond acceptors (Lipinski definition) is 3. The summed E-state index contributed by atoms with van der Waals surface area (Å²) in [5.74, 6) is 0.488. The summed E-state index contributed by atoms with van der Waals surface area (Å²) >= 11 is 0. The number of nitrogens with zero attached hydrogens (tertiary/aromatic N) is 2. The van der Waals surface area contributed by atoms with Crippen LogP contribution in [-0.4, -0.2) is 54.8 Å². The Labute approximate surface area is 180 Å². The molecule has 0 aliphatic carbocycles. The van der Waals surface area contributed by atoms with Crippen LogP contribution in [0.25, 0.3) is 0 Å². The van der Waals surface area contributed by atoms with Crippen molar-refractivity contribution in [2.24, 2.45) is 4.99 Å². The van der Waals surface area contributed by atoms with Crippen molar-refractivity contribution in [3.63, 3.8) is 0 Å². The molecule has 2 N–H and O–H groups in total. The number of aliphatic imine (C=N–C) groups is 1. The topological polar surface area (TPSA) is 48.9 Å². The molecule has 0 bridgehead atoms. The van der Waals surface area contributed by atoms with Crippen LogP contribution in [0.3, 0.4) is 0 Å². The molecule has 154 valence electrons. The number of ether oxygens (including phenoxy) is 1. The van der Waals surface area contributed by atoms with E-state index in [1.54, 1.807) is 12.1 Å². The highest BCUT2D eigenvalue weighted by atomic mass is 127. The SMILES string of the molecule is CCNC(=NCc1ccccc1F)NCC(C)(C)N1CC(C)OC(C)C1.I. The van der Waals surface area contributed by atoms with E-state index in [9.17, 15) is 4.39 Å². The number of morpholine rings is 1. The van der Waals surface area contributed by atoms with Crippen LogP contribution in [-0.2, 0) is 11.3 Å². The first-order chi connectivity index (χ1) is 12.3. The molecule has 1 fully saturated rings. The van der Waals surface area contributed by atoms with Gasteiger partial charge in [0.2, 0.25) is 0 Å². The summed E-state index contributed by atoms with van der Waals surface area (Å²) in [6, 6.07) is 6.76. The Bertz CT molecular complexity index is 601. The average Bonchev–Trinajstić information content (AvgIpc) is 2.58. The van der Waals surface area contributed by atoms with Crippen molar-refractivity contribution in [3.8, 4) is 0 Å². The number of halogens is 2. The van der Waals surface area contributed by atoms with Gasteiger partial charge < -0.3 is 15.4 Å². The lowest BCUT2D eigenvalue weighted by atomic mass is 10.00. The van der Waals surface area contributed by atoms with Crippen LogP contribution >= 0.6 is 24.0 Å². The standard InChI is InChI=1S/C20H33FN4O.HI/c1-6-22-19(23-11-17-9-7-8-10-18(17)21)24-14-20(4,5)25-12-15(2)26-16(3)13-25;/h7-10,15-16H,6,11-14H2,1-5H3,(H2,22,23,24);1H. The van der Waals surface area contributed by atoms with Crippen LogP contribution in [0.4, 0.5) is 4.39 Å². The third-order valence-electron chi connectivity index (χ3n) is 4.67. The van der Waals surface area contributed by atoms with Crippen LogP contribution in [0, 0.1) is 5.82 Å². The number of nitrogens with one attached hydrogen (secondary N) is 2. The Morgan fingerprint density at radius 1 is 1.22 bits per heavy atom. The Morgan fingerprint density at radius 3 is 2.44 bits per heavy atom. The van der Waals surface area contributed by atoms with Gasteiger partial charge in [-0.1, -0.05) is 18.2 Å². The first-order valence-electron chi connectivity index (χ1n) is 9.48. The van der Waals surface area contributed by atoms with Gasteiger partial charge in [0.15, 0.2) is 5.96 Å². The third kappa shape index (κ3) is 7.54. The second-order valence-electron chi connectivity index (χ2n) is 7.61. The van der Waals surface area contributed by atoms with Crippen LogP contribution in [0.15, 0.2) is 29.3 Å². The molecule has 2 unspecified atom stereocenters. The van der Waals surface area contributed by atoms with Crippen molar-refractivity contribution >= 4 is 29.9 Å². The van der Waals surface area contributed by atoms with Gasteiger partial charge in [-0.05, 0) is 40.7 Å². The number of rotatable bonds is 6. The number of benzene rings is 1. The average molecular weight is 492 g/mol. The van der Waals surface area contributed by atoms with Crippen molar-refractivity contribution in [3.05, 3.63) is 35.6 Å². The molecule has 7 heteroatoms. The van der Waals surface area contributed by atoms with Crippen molar-refractivity contribution < 1.29 is 9.13 Å². The summed E-state index contributed by atoms with van der Waals surface area (Å²) in [4.78, 5) is 6.99. The van der Waals surface area contributed by atoms with E-state index in [0.717, 1.165) is 26.2 Å². The first kappa shape index (κ1) is 24.1. The van der Waals surface area contributed by atoms with Crippen molar-refractivity contribution in [2.75, 3.05) is 26.2 Å². The fourth-order valence-corrected chi connectivity index (χ4v) is 3.22. The van der Waals surface area contributed by atoms with E-state index < -0.39 is 0 Å². The minimum Gasteiger partial charge on any atom is -0.373 e. The van der Waals surface area contributed by atoms with E-state index in [2.05, 4.69) is 48.2 Å². The Kier molecular flexibility index (Phi) is 9.97. The lowest BCUT2D eigenvalue weighted by molar-refractivity contribution is -0.0946. The van der Waals surface area contributed by atoms with E-state index in [4.69, 9.17) is 4.74 Å². The molecule has 0 radical (unpaired) electrons. The largest absolute Gasteiger partial charge is 0.373 e. The minimum atomic E-state index is -0.219. The molecule has 1 saturated heterocycles. The van der Waals surface area contributed by atoms with Gasteiger partial charge in [0, 0.05) is 37.3 Å². The van der Waals surface area contributed by atoms with E-state index in [1.807, 2.05) is 13.0 Å². The van der Waals surface area contributed by atoms with Gasteiger partial charge >= 0.3 is 0 Å². The zero-order valence-electron chi connectivity index (χ0n) is 17.1. The Balaban J connectivity index is 0.00000364. The monoisotopic (exact) mass is 492 g/mol. The normalized spacial score (nSPS) is 21.5. The van der Waals surface area contributed by atoms with Gasteiger partial charge in [-0.15, -0.1) is 24.0 Å². The first-order valence-corrected chi connectivity index (χ1v) is 9.48. The summed E-state index contributed by atoms with van der Waals surface area (Å²) < 4.78 is 19.6. The molecule has 0 aromatic heterocycles. The fourth-order valence-electron chi connectivity index (χ4n) is 3.22. The quantitative estimate of drug-likeness (QED) is 0.363. The Morgan fingerprint density at radius 2 is 1.85 bits per heavy atom. The highest BCUT2D eigenvalue weighted by molar-refractivity contribution is 14.0. The molecule has 0 amide bonds. The lowest BCUT2D eigenvalue weighted by Gasteiger charge is -2.45. The molecule has 5 nitrogen and oxygen atoms in total. The molecule has 1 aromatic carbocycles. The molecule has 1 heterocycles. The van der Waals surface area contributed by atoms with Gasteiger partial charge in [0.05, 0.1) is 18.8 Å². The maximum atomic E-state index is 13.8. The zero-order chi connectivity index (χ0) is 19.2. The van der Waals surface area contributed by atoms with Gasteiger partial charge in [-0.3, -0.25) is 4.90 Å². The molecule has 1 aliphatic rings. The molecule has 1 aliphatic heterocycles. The maximum absolute atomic E-state index is 13.8. The molecule has 27 heavy (non-hydrogen) atoms. The number of guanidine groups is 1. The lowest BCUT2D eigenvalue weighted by Crippen LogP contribution is -2.59. The van der Waals surface area contributed by atoms with Crippen LogP contribution in [0.5, 0.6) is 0 Å². The van der Waals surface area contributed by atoms with Gasteiger partial charge in [-0.2, -0.15) is 0 Å². The third-order valence-corrected chi connectivity index (χ3v) is 4.67.